The summed E-state index contributed by atoms with van der Waals surface area (Å²) in [6, 6.07) is 28.8. The first-order valence-electron chi connectivity index (χ1n) is 14.3. The van der Waals surface area contributed by atoms with Gasteiger partial charge in [0, 0.05) is 21.9 Å². The maximum atomic E-state index is 8.42. The molecule has 0 fully saturated rings. The summed E-state index contributed by atoms with van der Waals surface area (Å²) >= 11 is 0. The Labute approximate surface area is 221 Å². The smallest absolute Gasteiger partial charge is 0.167 e. The third-order valence-electron chi connectivity index (χ3n) is 6.23. The minimum absolute atomic E-state index is 0.144. The lowest BCUT2D eigenvalue weighted by Gasteiger charge is -2.08. The molecule has 0 amide bonds. The van der Waals surface area contributed by atoms with Gasteiger partial charge < -0.3 is 4.42 Å². The fourth-order valence-electron chi connectivity index (χ4n) is 4.45. The largest absolute Gasteiger partial charge is 0.455 e. The number of para-hydroxylation sites is 1. The van der Waals surface area contributed by atoms with Crippen LogP contribution in [0, 0.1) is 0 Å². The molecule has 0 radical (unpaired) electrons. The van der Waals surface area contributed by atoms with Gasteiger partial charge in [0.15, 0.2) is 17.5 Å². The van der Waals surface area contributed by atoms with Crippen LogP contribution in [0.15, 0.2) is 132 Å². The molecule has 0 bridgehead atoms. The monoisotopic (exact) mass is 480 g/mol. The lowest BCUT2D eigenvalue weighted by molar-refractivity contribution is 0.669. The first-order chi connectivity index (χ1) is 20.4. The van der Waals surface area contributed by atoms with Gasteiger partial charge in [-0.1, -0.05) is 109 Å². The standard InChI is InChI=1S/C33H21N3O/c1-4-11-22(12-5-1)25-19-20-29-28(21-25)26-17-10-18-27(30(26)37-29)33-35-31(23-13-6-2-7-14-23)34-32(36-33)24-15-8-3-9-16-24/h1-21H/i1D,4D,5D,11D,12D. The van der Waals surface area contributed by atoms with E-state index in [0.29, 0.717) is 39.8 Å². The molecule has 0 N–H and O–H groups in total. The third-order valence-corrected chi connectivity index (χ3v) is 6.23. The molecule has 0 aliphatic carbocycles. The van der Waals surface area contributed by atoms with Crippen LogP contribution in [0.25, 0.3) is 67.2 Å². The Kier molecular flexibility index (Phi) is 3.96. The Morgan fingerprint density at radius 2 is 1.16 bits per heavy atom. The molecule has 7 aromatic rings. The zero-order valence-corrected chi connectivity index (χ0v) is 19.5. The molecule has 0 unspecified atom stereocenters. The number of aromatic nitrogens is 3. The second-order valence-electron chi connectivity index (χ2n) is 8.53. The van der Waals surface area contributed by atoms with Crippen molar-refractivity contribution in [2.75, 3.05) is 0 Å². The summed E-state index contributed by atoms with van der Waals surface area (Å²) in [5.74, 6) is 1.53. The maximum Gasteiger partial charge on any atom is 0.167 e. The van der Waals surface area contributed by atoms with E-state index in [0.717, 1.165) is 21.9 Å². The van der Waals surface area contributed by atoms with E-state index in [1.807, 2.05) is 78.9 Å². The van der Waals surface area contributed by atoms with E-state index in [-0.39, 0.29) is 29.7 Å². The van der Waals surface area contributed by atoms with E-state index >= 15 is 0 Å². The fraction of sp³-hybridized carbons (Fsp3) is 0. The number of furan rings is 1. The van der Waals surface area contributed by atoms with Gasteiger partial charge in [0.2, 0.25) is 0 Å². The second-order valence-corrected chi connectivity index (χ2v) is 8.53. The lowest BCUT2D eigenvalue weighted by Crippen LogP contribution is -2.00. The highest BCUT2D eigenvalue weighted by Gasteiger charge is 2.17. The van der Waals surface area contributed by atoms with E-state index in [1.165, 1.54) is 0 Å². The zero-order chi connectivity index (χ0) is 29.0. The van der Waals surface area contributed by atoms with Crippen LogP contribution in [0.4, 0.5) is 0 Å². The topological polar surface area (TPSA) is 51.8 Å². The van der Waals surface area contributed by atoms with Gasteiger partial charge in [-0.05, 0) is 29.3 Å². The van der Waals surface area contributed by atoms with Crippen molar-refractivity contribution in [3.05, 3.63) is 127 Å². The molecule has 0 saturated carbocycles. The van der Waals surface area contributed by atoms with E-state index in [4.69, 9.17) is 26.2 Å². The summed E-state index contributed by atoms with van der Waals surface area (Å²) in [7, 11) is 0. The van der Waals surface area contributed by atoms with Crippen molar-refractivity contribution in [2.24, 2.45) is 0 Å². The normalized spacial score (nSPS) is 13.1. The quantitative estimate of drug-likeness (QED) is 0.254. The number of nitrogens with zero attached hydrogens (tertiary/aromatic N) is 3. The van der Waals surface area contributed by atoms with Gasteiger partial charge in [-0.25, -0.2) is 15.0 Å². The number of rotatable bonds is 4. The van der Waals surface area contributed by atoms with Crippen LogP contribution in [-0.2, 0) is 0 Å². The molecule has 0 spiro atoms. The molecule has 4 heteroatoms. The molecule has 174 valence electrons. The Morgan fingerprint density at radius 3 is 1.84 bits per heavy atom. The molecule has 0 saturated heterocycles. The van der Waals surface area contributed by atoms with Gasteiger partial charge in [-0.3, -0.25) is 0 Å². The van der Waals surface area contributed by atoms with Gasteiger partial charge in [0.05, 0.1) is 12.4 Å². The molecule has 7 rings (SSSR count). The number of fused-ring (bicyclic) bond motifs is 3. The second kappa shape index (κ2) is 8.85. The molecule has 4 nitrogen and oxygen atoms in total. The van der Waals surface area contributed by atoms with Crippen molar-refractivity contribution >= 4 is 21.9 Å². The van der Waals surface area contributed by atoms with Gasteiger partial charge >= 0.3 is 0 Å². The minimum atomic E-state index is -0.421. The van der Waals surface area contributed by atoms with Crippen molar-refractivity contribution < 1.29 is 11.3 Å². The highest BCUT2D eigenvalue weighted by molar-refractivity contribution is 6.10. The van der Waals surface area contributed by atoms with Crippen LogP contribution >= 0.6 is 0 Å². The summed E-state index contributed by atoms with van der Waals surface area (Å²) in [6.45, 7) is 0. The highest BCUT2D eigenvalue weighted by atomic mass is 16.3. The summed E-state index contributed by atoms with van der Waals surface area (Å²) in [5.41, 5.74) is 4.22. The van der Waals surface area contributed by atoms with Crippen molar-refractivity contribution in [3.63, 3.8) is 0 Å². The van der Waals surface area contributed by atoms with Crippen LogP contribution in [0.5, 0.6) is 0 Å². The van der Waals surface area contributed by atoms with Crippen LogP contribution in [0.2, 0.25) is 0 Å². The molecule has 2 aromatic heterocycles. The maximum absolute atomic E-state index is 8.42. The number of hydrogen-bond acceptors (Lipinski definition) is 4. The first-order valence-corrected chi connectivity index (χ1v) is 11.8. The first kappa shape index (κ1) is 16.6. The van der Waals surface area contributed by atoms with Gasteiger partial charge in [-0.15, -0.1) is 0 Å². The number of benzene rings is 5. The third kappa shape index (κ3) is 3.85. The predicted molar refractivity (Wildman–Crippen MR) is 149 cm³/mol. The van der Waals surface area contributed by atoms with E-state index in [2.05, 4.69) is 0 Å². The van der Waals surface area contributed by atoms with E-state index in [9.17, 15) is 0 Å². The highest BCUT2D eigenvalue weighted by Crippen LogP contribution is 2.37. The van der Waals surface area contributed by atoms with Crippen LogP contribution in [0.3, 0.4) is 0 Å². The van der Waals surface area contributed by atoms with Crippen LogP contribution in [-0.4, -0.2) is 15.0 Å². The van der Waals surface area contributed by atoms with Crippen molar-refractivity contribution in [1.82, 2.24) is 15.0 Å². The van der Waals surface area contributed by atoms with Crippen molar-refractivity contribution in [2.45, 2.75) is 0 Å². The summed E-state index contributed by atoms with van der Waals surface area (Å²) < 4.78 is 47.3. The van der Waals surface area contributed by atoms with Crippen LogP contribution < -0.4 is 0 Å². The lowest BCUT2D eigenvalue weighted by atomic mass is 10.0. The Balaban J connectivity index is 1.44. The summed E-state index contributed by atoms with van der Waals surface area (Å²) in [6.07, 6.45) is 0. The average Bonchev–Trinajstić information content (AvgIpc) is 3.42. The molecular formula is C33H21N3O. The summed E-state index contributed by atoms with van der Waals surface area (Å²) in [5, 5.41) is 1.54. The predicted octanol–water partition coefficient (Wildman–Crippen LogP) is 8.44. The van der Waals surface area contributed by atoms with E-state index < -0.39 is 6.04 Å². The Hall–Kier alpha value is -5.09. The van der Waals surface area contributed by atoms with Gasteiger partial charge in [-0.2, -0.15) is 0 Å². The SMILES string of the molecule is [2H]c1c([2H])c([2H])c(-c2ccc3oc4c(-c5nc(-c6ccccc6)nc(-c6ccccc6)n5)cccc4c3c2)c([2H])c1[2H]. The molecule has 2 heterocycles. The van der Waals surface area contributed by atoms with Crippen LogP contribution in [0.1, 0.15) is 6.85 Å². The molecule has 0 atom stereocenters. The number of hydrogen-bond donors (Lipinski definition) is 0. The molecular weight excluding hydrogens is 454 g/mol. The van der Waals surface area contributed by atoms with Gasteiger partial charge in [0.25, 0.3) is 0 Å². The van der Waals surface area contributed by atoms with E-state index in [1.54, 1.807) is 18.2 Å². The molecule has 5 aromatic carbocycles. The molecule has 0 aliphatic heterocycles. The Morgan fingerprint density at radius 1 is 0.514 bits per heavy atom. The molecule has 0 aliphatic rings. The summed E-state index contributed by atoms with van der Waals surface area (Å²) in [4.78, 5) is 14.5. The Bertz CT molecular complexity index is 2060. The zero-order valence-electron chi connectivity index (χ0n) is 24.5. The van der Waals surface area contributed by atoms with Crippen molar-refractivity contribution in [1.29, 1.82) is 0 Å². The van der Waals surface area contributed by atoms with Crippen molar-refractivity contribution in [3.8, 4) is 45.3 Å². The molecule has 37 heavy (non-hydrogen) atoms. The van der Waals surface area contributed by atoms with Gasteiger partial charge in [0.1, 0.15) is 11.2 Å². The minimum Gasteiger partial charge on any atom is -0.455 e. The fourth-order valence-corrected chi connectivity index (χ4v) is 4.45. The average molecular weight is 481 g/mol.